The zero-order chi connectivity index (χ0) is 11.5. The van der Waals surface area contributed by atoms with Gasteiger partial charge in [0.2, 0.25) is 5.95 Å². The maximum atomic E-state index is 6.11. The zero-order valence-electron chi connectivity index (χ0n) is 9.49. The molecule has 1 aromatic heterocycles. The van der Waals surface area contributed by atoms with E-state index in [1.807, 2.05) is 0 Å². The van der Waals surface area contributed by atoms with Crippen LogP contribution in [-0.2, 0) is 0 Å². The number of nitrogen functional groups attached to an aromatic ring is 1. The van der Waals surface area contributed by atoms with Gasteiger partial charge in [0.15, 0.2) is 5.82 Å². The lowest BCUT2D eigenvalue weighted by Gasteiger charge is -2.23. The second-order valence-corrected chi connectivity index (χ2v) is 4.70. The van der Waals surface area contributed by atoms with E-state index < -0.39 is 0 Å². The van der Waals surface area contributed by atoms with Crippen LogP contribution in [-0.4, -0.2) is 23.1 Å². The number of anilines is 2. The molecule has 1 saturated carbocycles. The van der Waals surface area contributed by atoms with Gasteiger partial charge in [-0.05, 0) is 25.2 Å². The lowest BCUT2D eigenvalue weighted by Crippen LogP contribution is -2.28. The van der Waals surface area contributed by atoms with E-state index in [1.54, 1.807) is 6.20 Å². The summed E-state index contributed by atoms with van der Waals surface area (Å²) >= 11 is 6.11. The van der Waals surface area contributed by atoms with Crippen molar-refractivity contribution in [2.75, 3.05) is 23.7 Å². The van der Waals surface area contributed by atoms with Crippen molar-refractivity contribution in [1.82, 2.24) is 9.97 Å². The molecule has 0 unspecified atom stereocenters. The summed E-state index contributed by atoms with van der Waals surface area (Å²) < 4.78 is 0. The monoisotopic (exact) mass is 240 g/mol. The number of nitrogens with two attached hydrogens (primary N) is 1. The van der Waals surface area contributed by atoms with Crippen molar-refractivity contribution in [3.63, 3.8) is 0 Å². The van der Waals surface area contributed by atoms with E-state index in [1.165, 1.54) is 12.8 Å². The Balaban J connectivity index is 2.18. The predicted octanol–water partition coefficient (Wildman–Crippen LogP) is 2.34. The summed E-state index contributed by atoms with van der Waals surface area (Å²) in [5, 5.41) is 0.586. The molecule has 16 heavy (non-hydrogen) atoms. The number of nitrogens with zero attached hydrogens (tertiary/aromatic N) is 3. The van der Waals surface area contributed by atoms with Gasteiger partial charge in [0.1, 0.15) is 5.02 Å². The normalized spacial score (nSPS) is 15.1. The molecule has 2 N–H and O–H groups in total. The Bertz CT molecular complexity index is 365. The van der Waals surface area contributed by atoms with Crippen LogP contribution in [0.25, 0.3) is 0 Å². The molecule has 1 aliphatic rings. The third-order valence-electron chi connectivity index (χ3n) is 2.71. The number of hydrogen-bond donors (Lipinski definition) is 1. The van der Waals surface area contributed by atoms with Gasteiger partial charge in [0.05, 0.1) is 6.20 Å². The third-order valence-corrected chi connectivity index (χ3v) is 2.98. The minimum absolute atomic E-state index is 0.288. The topological polar surface area (TPSA) is 55.0 Å². The van der Waals surface area contributed by atoms with Gasteiger partial charge >= 0.3 is 0 Å². The molecule has 5 heteroatoms. The highest BCUT2D eigenvalue weighted by molar-refractivity contribution is 6.32. The molecule has 1 aliphatic carbocycles. The maximum Gasteiger partial charge on any atom is 0.222 e. The molecule has 0 amide bonds. The van der Waals surface area contributed by atoms with Gasteiger partial charge in [-0.1, -0.05) is 18.5 Å². The highest BCUT2D eigenvalue weighted by Gasteiger charge is 2.25. The first-order valence-electron chi connectivity index (χ1n) is 5.73. The van der Waals surface area contributed by atoms with Crippen LogP contribution in [0.2, 0.25) is 5.02 Å². The molecule has 1 heterocycles. The van der Waals surface area contributed by atoms with Crippen LogP contribution >= 0.6 is 11.6 Å². The van der Waals surface area contributed by atoms with Crippen molar-refractivity contribution in [3.05, 3.63) is 11.2 Å². The Morgan fingerprint density at radius 3 is 2.94 bits per heavy atom. The molecule has 0 radical (unpaired) electrons. The first-order valence-corrected chi connectivity index (χ1v) is 6.11. The largest absolute Gasteiger partial charge is 0.368 e. The Labute approximate surface area is 101 Å². The lowest BCUT2D eigenvalue weighted by atomic mass is 10.3. The van der Waals surface area contributed by atoms with Gasteiger partial charge < -0.3 is 10.6 Å². The number of aromatic nitrogens is 2. The summed E-state index contributed by atoms with van der Waals surface area (Å²) in [5.41, 5.74) is 5.60. The van der Waals surface area contributed by atoms with Crippen LogP contribution in [0.5, 0.6) is 0 Å². The molecule has 0 aromatic carbocycles. The summed E-state index contributed by atoms with van der Waals surface area (Å²) in [5.74, 6) is 1.87. The molecule has 0 bridgehead atoms. The van der Waals surface area contributed by atoms with Gasteiger partial charge in [-0.2, -0.15) is 4.98 Å². The van der Waals surface area contributed by atoms with Crippen LogP contribution in [0, 0.1) is 5.92 Å². The molecule has 0 saturated heterocycles. The molecule has 88 valence electrons. The van der Waals surface area contributed by atoms with E-state index in [9.17, 15) is 0 Å². The van der Waals surface area contributed by atoms with E-state index in [0.717, 1.165) is 31.2 Å². The fourth-order valence-electron chi connectivity index (χ4n) is 1.76. The number of rotatable bonds is 5. The molecule has 0 spiro atoms. The van der Waals surface area contributed by atoms with Crippen molar-refractivity contribution >= 4 is 23.4 Å². The van der Waals surface area contributed by atoms with Crippen LogP contribution in [0.15, 0.2) is 6.20 Å². The molecule has 0 aliphatic heterocycles. The summed E-state index contributed by atoms with van der Waals surface area (Å²) in [7, 11) is 0. The Hall–Kier alpha value is -1.03. The molecule has 2 rings (SSSR count). The zero-order valence-corrected chi connectivity index (χ0v) is 10.2. The number of hydrogen-bond acceptors (Lipinski definition) is 4. The SMILES string of the molecule is CCCN(CC1CC1)c1nc(N)ncc1Cl. The van der Waals surface area contributed by atoms with Gasteiger partial charge in [-0.25, -0.2) is 4.98 Å². The molecule has 4 nitrogen and oxygen atoms in total. The van der Waals surface area contributed by atoms with E-state index in [4.69, 9.17) is 17.3 Å². The minimum Gasteiger partial charge on any atom is -0.368 e. The molecule has 0 atom stereocenters. The molecular weight excluding hydrogens is 224 g/mol. The minimum atomic E-state index is 0.288. The summed E-state index contributed by atoms with van der Waals surface area (Å²) in [6.07, 6.45) is 5.29. The fourth-order valence-corrected chi connectivity index (χ4v) is 1.97. The Morgan fingerprint density at radius 1 is 1.56 bits per heavy atom. The van der Waals surface area contributed by atoms with Crippen molar-refractivity contribution in [1.29, 1.82) is 0 Å². The Kier molecular flexibility index (Phi) is 3.49. The first-order chi connectivity index (χ1) is 7.70. The van der Waals surface area contributed by atoms with Crippen LogP contribution < -0.4 is 10.6 Å². The molecule has 1 fully saturated rings. The van der Waals surface area contributed by atoms with Gasteiger partial charge in [0.25, 0.3) is 0 Å². The van der Waals surface area contributed by atoms with E-state index in [0.29, 0.717) is 5.02 Å². The van der Waals surface area contributed by atoms with E-state index in [-0.39, 0.29) is 5.95 Å². The van der Waals surface area contributed by atoms with Gasteiger partial charge in [-0.3, -0.25) is 0 Å². The van der Waals surface area contributed by atoms with Crippen molar-refractivity contribution < 1.29 is 0 Å². The predicted molar refractivity (Wildman–Crippen MR) is 66.7 cm³/mol. The quantitative estimate of drug-likeness (QED) is 0.858. The van der Waals surface area contributed by atoms with E-state index in [2.05, 4.69) is 21.8 Å². The van der Waals surface area contributed by atoms with Crippen molar-refractivity contribution in [2.45, 2.75) is 26.2 Å². The number of halogens is 1. The third kappa shape index (κ3) is 2.76. The fraction of sp³-hybridized carbons (Fsp3) is 0.636. The van der Waals surface area contributed by atoms with Crippen molar-refractivity contribution in [2.24, 2.45) is 5.92 Å². The smallest absolute Gasteiger partial charge is 0.222 e. The highest BCUT2D eigenvalue weighted by atomic mass is 35.5. The van der Waals surface area contributed by atoms with Crippen LogP contribution in [0.3, 0.4) is 0 Å². The molecular formula is C11H17ClN4. The highest BCUT2D eigenvalue weighted by Crippen LogP contribution is 2.32. The van der Waals surface area contributed by atoms with Crippen molar-refractivity contribution in [3.8, 4) is 0 Å². The maximum absolute atomic E-state index is 6.11. The second-order valence-electron chi connectivity index (χ2n) is 4.29. The second kappa shape index (κ2) is 4.87. The summed E-state index contributed by atoms with van der Waals surface area (Å²) in [6, 6.07) is 0. The summed E-state index contributed by atoms with van der Waals surface area (Å²) in [4.78, 5) is 10.3. The average molecular weight is 241 g/mol. The first kappa shape index (κ1) is 11.5. The average Bonchev–Trinajstić information content (AvgIpc) is 3.05. The lowest BCUT2D eigenvalue weighted by molar-refractivity contribution is 0.699. The van der Waals surface area contributed by atoms with Gasteiger partial charge in [0, 0.05) is 13.1 Å². The molecule has 1 aromatic rings. The van der Waals surface area contributed by atoms with E-state index >= 15 is 0 Å². The van der Waals surface area contributed by atoms with Gasteiger partial charge in [-0.15, -0.1) is 0 Å². The summed E-state index contributed by atoms with van der Waals surface area (Å²) in [6.45, 7) is 4.15. The van der Waals surface area contributed by atoms with Crippen LogP contribution in [0.1, 0.15) is 26.2 Å². The Morgan fingerprint density at radius 2 is 2.31 bits per heavy atom. The standard InChI is InChI=1S/C11H17ClN4/c1-2-5-16(7-8-3-4-8)10-9(12)6-14-11(13)15-10/h6,8H,2-5,7H2,1H3,(H2,13,14,15). The van der Waals surface area contributed by atoms with Crippen LogP contribution in [0.4, 0.5) is 11.8 Å².